The van der Waals surface area contributed by atoms with Crippen LogP contribution in [0.1, 0.15) is 32.1 Å². The normalized spacial score (nSPS) is 26.0. The first-order valence-corrected chi connectivity index (χ1v) is 8.00. The number of allylic oxidation sites excluding steroid dienone is 2. The molecule has 0 amide bonds. The van der Waals surface area contributed by atoms with Gasteiger partial charge >= 0.3 is 0 Å². The summed E-state index contributed by atoms with van der Waals surface area (Å²) in [4.78, 5) is 20.9. The Morgan fingerprint density at radius 3 is 3.14 bits per heavy atom. The minimum Gasteiger partial charge on any atom is -0.350 e. The fourth-order valence-electron chi connectivity index (χ4n) is 3.28. The number of anilines is 1. The van der Waals surface area contributed by atoms with Gasteiger partial charge in [0.15, 0.2) is 5.82 Å². The van der Waals surface area contributed by atoms with Crippen molar-refractivity contribution in [3.63, 3.8) is 0 Å². The maximum Gasteiger partial charge on any atom is 0.290 e. The largest absolute Gasteiger partial charge is 0.350 e. The molecule has 5 heteroatoms. The maximum absolute atomic E-state index is 11.8. The molecule has 0 spiro atoms. The predicted molar refractivity (Wildman–Crippen MR) is 84.6 cm³/mol. The molecule has 1 aliphatic carbocycles. The minimum absolute atomic E-state index is 0.0874. The fraction of sp³-hybridized carbons (Fsp3) is 0.625. The lowest BCUT2D eigenvalue weighted by Gasteiger charge is -2.34. The monoisotopic (exact) mass is 288 g/mol. The van der Waals surface area contributed by atoms with Crippen LogP contribution in [0.4, 0.5) is 5.82 Å². The van der Waals surface area contributed by atoms with Crippen LogP contribution in [0.3, 0.4) is 0 Å². The van der Waals surface area contributed by atoms with E-state index in [1.165, 1.54) is 25.7 Å². The molecule has 5 nitrogen and oxygen atoms in total. The number of H-pyrrole nitrogens is 1. The van der Waals surface area contributed by atoms with E-state index in [0.29, 0.717) is 11.9 Å². The Bertz CT molecular complexity index is 539. The smallest absolute Gasteiger partial charge is 0.290 e. The summed E-state index contributed by atoms with van der Waals surface area (Å²) in [6, 6.07) is 0.464. The van der Waals surface area contributed by atoms with Crippen LogP contribution in [0, 0.1) is 5.92 Å². The summed E-state index contributed by atoms with van der Waals surface area (Å²) in [5, 5.41) is 3.69. The van der Waals surface area contributed by atoms with Crippen molar-refractivity contribution in [1.29, 1.82) is 0 Å². The van der Waals surface area contributed by atoms with Crippen molar-refractivity contribution < 1.29 is 0 Å². The predicted octanol–water partition coefficient (Wildman–Crippen LogP) is 1.68. The summed E-state index contributed by atoms with van der Waals surface area (Å²) in [6.45, 7) is 2.88. The second-order valence-electron chi connectivity index (χ2n) is 6.09. The van der Waals surface area contributed by atoms with Crippen molar-refractivity contribution in [3.8, 4) is 0 Å². The van der Waals surface area contributed by atoms with Gasteiger partial charge in [-0.15, -0.1) is 0 Å². The van der Waals surface area contributed by atoms with Gasteiger partial charge in [0, 0.05) is 31.5 Å². The summed E-state index contributed by atoms with van der Waals surface area (Å²) >= 11 is 0. The molecule has 2 N–H and O–H groups in total. The van der Waals surface area contributed by atoms with Gasteiger partial charge in [-0.3, -0.25) is 4.79 Å². The van der Waals surface area contributed by atoms with Crippen LogP contribution < -0.4 is 15.8 Å². The van der Waals surface area contributed by atoms with E-state index in [1.54, 1.807) is 12.4 Å². The average molecular weight is 288 g/mol. The summed E-state index contributed by atoms with van der Waals surface area (Å²) in [7, 11) is 0. The molecule has 2 atom stereocenters. The van der Waals surface area contributed by atoms with Gasteiger partial charge in [-0.2, -0.15) is 0 Å². The number of piperidine rings is 1. The van der Waals surface area contributed by atoms with Crippen molar-refractivity contribution in [2.24, 2.45) is 5.92 Å². The Morgan fingerprint density at radius 1 is 1.38 bits per heavy atom. The average Bonchev–Trinajstić information content (AvgIpc) is 2.55. The van der Waals surface area contributed by atoms with Gasteiger partial charge in [-0.05, 0) is 44.6 Å². The minimum atomic E-state index is -0.0874. The first-order valence-electron chi connectivity index (χ1n) is 8.00. The second kappa shape index (κ2) is 6.89. The number of hydrogen-bond acceptors (Lipinski definition) is 4. The summed E-state index contributed by atoms with van der Waals surface area (Å²) in [6.07, 6.45) is 13.8. The third-order valence-corrected chi connectivity index (χ3v) is 4.48. The molecule has 1 aromatic rings. The van der Waals surface area contributed by atoms with E-state index in [9.17, 15) is 4.79 Å². The van der Waals surface area contributed by atoms with Crippen LogP contribution >= 0.6 is 0 Å². The molecule has 0 radical (unpaired) electrons. The molecule has 21 heavy (non-hydrogen) atoms. The van der Waals surface area contributed by atoms with Crippen molar-refractivity contribution in [3.05, 3.63) is 34.9 Å². The van der Waals surface area contributed by atoms with E-state index in [4.69, 9.17) is 0 Å². The first-order chi connectivity index (χ1) is 10.3. The molecule has 0 aromatic carbocycles. The highest BCUT2D eigenvalue weighted by Crippen LogP contribution is 2.19. The van der Waals surface area contributed by atoms with Gasteiger partial charge < -0.3 is 15.2 Å². The molecule has 2 aliphatic rings. The molecule has 0 bridgehead atoms. The highest BCUT2D eigenvalue weighted by molar-refractivity contribution is 5.36. The standard InChI is InChI=1S/C16H24N4O/c21-16-15(17-8-9-18-16)20-10-4-7-14(12-20)19-11-13-5-2-1-3-6-13/h1-2,8-9,13-14,19H,3-7,10-12H2,(H,18,21)/t13-,14-/m1/s1. The highest BCUT2D eigenvalue weighted by atomic mass is 16.1. The third kappa shape index (κ3) is 3.73. The molecule has 0 unspecified atom stereocenters. The molecule has 3 rings (SSSR count). The van der Waals surface area contributed by atoms with Gasteiger partial charge in [0.25, 0.3) is 5.56 Å². The number of rotatable bonds is 4. The van der Waals surface area contributed by atoms with Crippen LogP contribution in [0.25, 0.3) is 0 Å². The Kier molecular flexibility index (Phi) is 4.70. The number of aromatic amines is 1. The van der Waals surface area contributed by atoms with E-state index < -0.39 is 0 Å². The molecule has 1 aromatic heterocycles. The molecule has 1 aliphatic heterocycles. The summed E-state index contributed by atoms with van der Waals surface area (Å²) in [5.74, 6) is 1.33. The molecular weight excluding hydrogens is 264 g/mol. The lowest BCUT2D eigenvalue weighted by Crippen LogP contribution is -2.48. The van der Waals surface area contributed by atoms with Crippen LogP contribution in [0.5, 0.6) is 0 Å². The van der Waals surface area contributed by atoms with Gasteiger partial charge in [-0.1, -0.05) is 12.2 Å². The summed E-state index contributed by atoms with van der Waals surface area (Å²) < 4.78 is 0. The Balaban J connectivity index is 1.55. The SMILES string of the molecule is O=c1[nH]ccnc1N1CCC[C@@H](NC[C@@H]2CC=CCC2)C1. The van der Waals surface area contributed by atoms with Gasteiger partial charge in [0.05, 0.1) is 0 Å². The van der Waals surface area contributed by atoms with E-state index in [2.05, 4.69) is 32.3 Å². The Morgan fingerprint density at radius 2 is 2.33 bits per heavy atom. The molecule has 0 saturated carbocycles. The highest BCUT2D eigenvalue weighted by Gasteiger charge is 2.23. The van der Waals surface area contributed by atoms with E-state index in [0.717, 1.165) is 32.0 Å². The second-order valence-corrected chi connectivity index (χ2v) is 6.09. The summed E-state index contributed by atoms with van der Waals surface area (Å²) in [5.41, 5.74) is -0.0874. The van der Waals surface area contributed by atoms with Crippen molar-refractivity contribution in [2.75, 3.05) is 24.5 Å². The molecule has 1 fully saturated rings. The fourth-order valence-corrected chi connectivity index (χ4v) is 3.28. The number of aromatic nitrogens is 2. The number of hydrogen-bond donors (Lipinski definition) is 2. The van der Waals surface area contributed by atoms with Crippen molar-refractivity contribution in [2.45, 2.75) is 38.1 Å². The van der Waals surface area contributed by atoms with Gasteiger partial charge in [-0.25, -0.2) is 4.98 Å². The van der Waals surface area contributed by atoms with Crippen LogP contribution in [-0.4, -0.2) is 35.6 Å². The Hall–Kier alpha value is -1.62. The zero-order valence-corrected chi connectivity index (χ0v) is 12.4. The number of nitrogens with one attached hydrogen (secondary N) is 2. The van der Waals surface area contributed by atoms with E-state index >= 15 is 0 Å². The maximum atomic E-state index is 11.8. The Labute approximate surface area is 125 Å². The zero-order valence-electron chi connectivity index (χ0n) is 12.4. The van der Waals surface area contributed by atoms with Crippen LogP contribution in [0.2, 0.25) is 0 Å². The van der Waals surface area contributed by atoms with Crippen molar-refractivity contribution in [1.82, 2.24) is 15.3 Å². The van der Waals surface area contributed by atoms with Crippen LogP contribution in [-0.2, 0) is 0 Å². The molecule has 2 heterocycles. The van der Waals surface area contributed by atoms with Crippen molar-refractivity contribution >= 4 is 5.82 Å². The molecular formula is C16H24N4O. The van der Waals surface area contributed by atoms with Gasteiger partial charge in [0.2, 0.25) is 0 Å². The topological polar surface area (TPSA) is 61.0 Å². The lowest BCUT2D eigenvalue weighted by atomic mass is 9.94. The molecule has 1 saturated heterocycles. The molecule has 114 valence electrons. The van der Waals surface area contributed by atoms with E-state index in [1.807, 2.05) is 0 Å². The van der Waals surface area contributed by atoms with Crippen LogP contribution in [0.15, 0.2) is 29.3 Å². The quantitative estimate of drug-likeness (QED) is 0.828. The first kappa shape index (κ1) is 14.3. The zero-order chi connectivity index (χ0) is 14.5. The van der Waals surface area contributed by atoms with E-state index in [-0.39, 0.29) is 5.56 Å². The number of nitrogens with zero attached hydrogens (tertiary/aromatic N) is 2. The third-order valence-electron chi connectivity index (χ3n) is 4.48. The lowest BCUT2D eigenvalue weighted by molar-refractivity contribution is 0.366. The van der Waals surface area contributed by atoms with Gasteiger partial charge in [0.1, 0.15) is 0 Å².